The minimum Gasteiger partial charge on any atom is -0.462 e. The average molecular weight is 291 g/mol. The fraction of sp³-hybridized carbons (Fsp3) is 0.467. The van der Waals surface area contributed by atoms with Gasteiger partial charge in [-0.1, -0.05) is 12.1 Å². The van der Waals surface area contributed by atoms with E-state index in [1.54, 1.807) is 7.11 Å². The van der Waals surface area contributed by atoms with E-state index in [4.69, 9.17) is 9.47 Å². The number of ether oxygens (including phenoxy) is 2. The van der Waals surface area contributed by atoms with E-state index in [9.17, 15) is 4.79 Å². The lowest BCUT2D eigenvalue weighted by Crippen LogP contribution is -2.22. The topological polar surface area (TPSA) is 65.4 Å². The molecule has 1 unspecified atom stereocenters. The molecule has 0 saturated heterocycles. The Kier molecular flexibility index (Phi) is 5.16. The zero-order chi connectivity index (χ0) is 15.2. The molecule has 114 valence electrons. The van der Waals surface area contributed by atoms with Crippen LogP contribution in [0.25, 0.3) is 11.0 Å². The molecule has 0 bridgehead atoms. The van der Waals surface area contributed by atoms with E-state index in [0.29, 0.717) is 12.6 Å². The first-order valence-electron chi connectivity index (χ1n) is 7.05. The van der Waals surface area contributed by atoms with Gasteiger partial charge in [-0.05, 0) is 26.0 Å². The van der Waals surface area contributed by atoms with E-state index in [1.165, 1.54) is 0 Å². The molecule has 1 heterocycles. The Balaban J connectivity index is 2.29. The molecule has 1 atom stereocenters. The SMILES string of the molecule is CCNc1nc2ccccc2n1C(C)C(=O)OCCOC. The Morgan fingerprint density at radius 3 is 2.86 bits per heavy atom. The standard InChI is InChI=1S/C15H21N3O3/c1-4-16-15-17-12-7-5-6-8-13(12)18(15)11(2)14(19)21-10-9-20-3/h5-8,11H,4,9-10H2,1-3H3,(H,16,17). The lowest BCUT2D eigenvalue weighted by atomic mass is 10.3. The van der Waals surface area contributed by atoms with Crippen molar-refractivity contribution in [3.63, 3.8) is 0 Å². The Hall–Kier alpha value is -2.08. The number of imidazole rings is 1. The molecule has 1 aromatic carbocycles. The summed E-state index contributed by atoms with van der Waals surface area (Å²) in [5.74, 6) is 0.379. The van der Waals surface area contributed by atoms with E-state index in [-0.39, 0.29) is 12.6 Å². The van der Waals surface area contributed by atoms with Crippen LogP contribution in [-0.4, -0.2) is 42.4 Å². The Morgan fingerprint density at radius 1 is 1.38 bits per heavy atom. The number of hydrogen-bond acceptors (Lipinski definition) is 5. The number of rotatable bonds is 7. The van der Waals surface area contributed by atoms with Gasteiger partial charge in [-0.3, -0.25) is 4.57 Å². The number of aromatic nitrogens is 2. The van der Waals surface area contributed by atoms with Gasteiger partial charge >= 0.3 is 5.97 Å². The third-order valence-electron chi connectivity index (χ3n) is 3.19. The highest BCUT2D eigenvalue weighted by atomic mass is 16.6. The molecule has 1 N–H and O–H groups in total. The molecular formula is C15H21N3O3. The summed E-state index contributed by atoms with van der Waals surface area (Å²) in [5.41, 5.74) is 1.76. The summed E-state index contributed by atoms with van der Waals surface area (Å²) in [6.45, 7) is 5.18. The molecule has 0 saturated carbocycles. The molecule has 0 aliphatic carbocycles. The van der Waals surface area contributed by atoms with E-state index in [2.05, 4.69) is 10.3 Å². The van der Waals surface area contributed by atoms with Crippen molar-refractivity contribution in [2.24, 2.45) is 0 Å². The van der Waals surface area contributed by atoms with Gasteiger partial charge in [0.25, 0.3) is 0 Å². The van der Waals surface area contributed by atoms with E-state index < -0.39 is 6.04 Å². The van der Waals surface area contributed by atoms with E-state index in [0.717, 1.165) is 17.6 Å². The van der Waals surface area contributed by atoms with Crippen LogP contribution in [0.3, 0.4) is 0 Å². The van der Waals surface area contributed by atoms with Crippen LogP contribution in [0.4, 0.5) is 5.95 Å². The molecule has 0 radical (unpaired) electrons. The number of para-hydroxylation sites is 2. The second-order valence-corrected chi connectivity index (χ2v) is 4.66. The second kappa shape index (κ2) is 7.08. The maximum Gasteiger partial charge on any atom is 0.329 e. The summed E-state index contributed by atoms with van der Waals surface area (Å²) in [7, 11) is 1.57. The highest BCUT2D eigenvalue weighted by Gasteiger charge is 2.22. The highest BCUT2D eigenvalue weighted by molar-refractivity contribution is 5.83. The van der Waals surface area contributed by atoms with Crippen LogP contribution in [0.15, 0.2) is 24.3 Å². The van der Waals surface area contributed by atoms with Crippen molar-refractivity contribution >= 4 is 23.0 Å². The lowest BCUT2D eigenvalue weighted by Gasteiger charge is -2.16. The van der Waals surface area contributed by atoms with Crippen molar-refractivity contribution in [2.75, 3.05) is 32.2 Å². The van der Waals surface area contributed by atoms with Crippen molar-refractivity contribution in [2.45, 2.75) is 19.9 Å². The van der Waals surface area contributed by atoms with Crippen molar-refractivity contribution in [3.8, 4) is 0 Å². The van der Waals surface area contributed by atoms with Gasteiger partial charge in [0.05, 0.1) is 17.6 Å². The largest absolute Gasteiger partial charge is 0.462 e. The Morgan fingerprint density at radius 2 is 2.14 bits per heavy atom. The molecule has 2 aromatic rings. The number of carbonyl (C=O) groups excluding carboxylic acids is 1. The van der Waals surface area contributed by atoms with Crippen molar-refractivity contribution < 1.29 is 14.3 Å². The summed E-state index contributed by atoms with van der Waals surface area (Å²) < 4.78 is 12.0. The zero-order valence-corrected chi connectivity index (χ0v) is 12.6. The first kappa shape index (κ1) is 15.3. The zero-order valence-electron chi connectivity index (χ0n) is 12.6. The fourth-order valence-corrected chi connectivity index (χ4v) is 2.17. The Labute approximate surface area is 124 Å². The van der Waals surface area contributed by atoms with Crippen LogP contribution in [0.5, 0.6) is 0 Å². The van der Waals surface area contributed by atoms with Gasteiger partial charge in [0.15, 0.2) is 0 Å². The number of esters is 1. The molecule has 0 amide bonds. The molecule has 0 fully saturated rings. The highest BCUT2D eigenvalue weighted by Crippen LogP contribution is 2.25. The molecule has 0 spiro atoms. The monoisotopic (exact) mass is 291 g/mol. The molecule has 0 aliphatic heterocycles. The Bertz CT molecular complexity index is 609. The summed E-state index contributed by atoms with van der Waals surface area (Å²) in [6, 6.07) is 7.27. The van der Waals surface area contributed by atoms with Crippen LogP contribution >= 0.6 is 0 Å². The summed E-state index contributed by atoms with van der Waals surface area (Å²) in [6.07, 6.45) is 0. The van der Waals surface area contributed by atoms with Gasteiger partial charge in [-0.15, -0.1) is 0 Å². The average Bonchev–Trinajstić information content (AvgIpc) is 2.85. The van der Waals surface area contributed by atoms with Crippen molar-refractivity contribution in [1.82, 2.24) is 9.55 Å². The minimum atomic E-state index is -0.455. The third-order valence-corrected chi connectivity index (χ3v) is 3.19. The van der Waals surface area contributed by atoms with Crippen LogP contribution in [0, 0.1) is 0 Å². The van der Waals surface area contributed by atoms with Gasteiger partial charge in [0.1, 0.15) is 12.6 Å². The number of hydrogen-bond donors (Lipinski definition) is 1. The summed E-state index contributed by atoms with van der Waals surface area (Å²) >= 11 is 0. The number of nitrogens with one attached hydrogen (secondary N) is 1. The summed E-state index contributed by atoms with van der Waals surface area (Å²) in [4.78, 5) is 16.7. The first-order valence-corrected chi connectivity index (χ1v) is 7.05. The van der Waals surface area contributed by atoms with Crippen LogP contribution < -0.4 is 5.32 Å². The number of benzene rings is 1. The molecule has 2 rings (SSSR count). The molecule has 1 aromatic heterocycles. The van der Waals surface area contributed by atoms with E-state index in [1.807, 2.05) is 42.7 Å². The lowest BCUT2D eigenvalue weighted by molar-refractivity contribution is -0.148. The molecule has 6 nitrogen and oxygen atoms in total. The smallest absolute Gasteiger partial charge is 0.329 e. The fourth-order valence-electron chi connectivity index (χ4n) is 2.17. The van der Waals surface area contributed by atoms with Gasteiger partial charge in [0, 0.05) is 13.7 Å². The molecule has 0 aliphatic rings. The van der Waals surface area contributed by atoms with Crippen molar-refractivity contribution in [3.05, 3.63) is 24.3 Å². The predicted molar refractivity (Wildman–Crippen MR) is 81.4 cm³/mol. The van der Waals surface area contributed by atoms with Crippen LogP contribution in [-0.2, 0) is 14.3 Å². The minimum absolute atomic E-state index is 0.253. The van der Waals surface area contributed by atoms with E-state index >= 15 is 0 Å². The van der Waals surface area contributed by atoms with Gasteiger partial charge in [-0.25, -0.2) is 9.78 Å². The normalized spacial score (nSPS) is 12.3. The van der Waals surface area contributed by atoms with Gasteiger partial charge in [0.2, 0.25) is 5.95 Å². The third kappa shape index (κ3) is 3.33. The molecule has 6 heteroatoms. The van der Waals surface area contributed by atoms with Crippen LogP contribution in [0.2, 0.25) is 0 Å². The molecular weight excluding hydrogens is 270 g/mol. The first-order chi connectivity index (χ1) is 10.2. The van der Waals surface area contributed by atoms with Crippen molar-refractivity contribution in [1.29, 1.82) is 0 Å². The summed E-state index contributed by atoms with van der Waals surface area (Å²) in [5, 5.41) is 3.19. The number of anilines is 1. The second-order valence-electron chi connectivity index (χ2n) is 4.66. The number of nitrogens with zero attached hydrogens (tertiary/aromatic N) is 2. The van der Waals surface area contributed by atoms with Crippen LogP contribution in [0.1, 0.15) is 19.9 Å². The maximum absolute atomic E-state index is 12.2. The van der Waals surface area contributed by atoms with Gasteiger partial charge in [-0.2, -0.15) is 0 Å². The quantitative estimate of drug-likeness (QED) is 0.626. The predicted octanol–water partition coefficient (Wildman–Crippen LogP) is 2.22. The number of methoxy groups -OCH3 is 1. The number of fused-ring (bicyclic) bond motifs is 1. The van der Waals surface area contributed by atoms with Gasteiger partial charge < -0.3 is 14.8 Å². The maximum atomic E-state index is 12.2. The number of carbonyl (C=O) groups is 1. The molecule has 21 heavy (non-hydrogen) atoms.